The van der Waals surface area contributed by atoms with Crippen LogP contribution in [-0.4, -0.2) is 88.0 Å². The zero-order valence-corrected chi connectivity index (χ0v) is 17.8. The first-order valence-electron chi connectivity index (χ1n) is 10.1. The molecule has 14 heteroatoms. The van der Waals surface area contributed by atoms with Crippen molar-refractivity contribution < 1.29 is 34.2 Å². The highest BCUT2D eigenvalue weighted by Gasteiger charge is 2.37. The van der Waals surface area contributed by atoms with Crippen LogP contribution in [0.1, 0.15) is 39.0 Å². The Morgan fingerprint density at radius 3 is 2.31 bits per heavy atom. The van der Waals surface area contributed by atoms with Gasteiger partial charge in [0.05, 0.1) is 12.5 Å². The molecule has 0 aromatic heterocycles. The molecule has 0 radical (unpaired) electrons. The Balaban J connectivity index is 2.94. The molecule has 1 saturated heterocycles. The summed E-state index contributed by atoms with van der Waals surface area (Å²) in [5.74, 6) is -4.97. The van der Waals surface area contributed by atoms with Crippen molar-refractivity contribution in [2.45, 2.75) is 63.2 Å². The third kappa shape index (κ3) is 8.37. The lowest BCUT2D eigenvalue weighted by atomic mass is 10.1. The molecule has 14 nitrogen and oxygen atoms in total. The minimum Gasteiger partial charge on any atom is -0.481 e. The number of rotatable bonds is 12. The summed E-state index contributed by atoms with van der Waals surface area (Å²) in [4.78, 5) is 65.0. The van der Waals surface area contributed by atoms with E-state index in [1.54, 1.807) is 0 Å². The number of carboxylic acid groups (broad SMARTS) is 2. The van der Waals surface area contributed by atoms with Crippen LogP contribution in [0.15, 0.2) is 4.99 Å². The second-order valence-electron chi connectivity index (χ2n) is 7.49. The Labute approximate surface area is 184 Å². The van der Waals surface area contributed by atoms with E-state index in [9.17, 15) is 24.0 Å². The zero-order valence-electron chi connectivity index (χ0n) is 17.8. The van der Waals surface area contributed by atoms with Gasteiger partial charge in [0.1, 0.15) is 18.1 Å². The lowest BCUT2D eigenvalue weighted by Gasteiger charge is -2.28. The molecule has 0 bridgehead atoms. The molecule has 1 aliphatic rings. The standard InChI is InChI=1S/C18H31N7O7/c1-9(19)16(30)25-7-3-5-12(25)15(29)23-10(4-2-6-22-18(20)21)14(28)24-11(17(31)32)8-13(26)27/h9-12H,2-8,19H2,1H3,(H,23,29)(H,24,28)(H,26,27)(H,31,32)(H4,20,21,22). The second kappa shape index (κ2) is 12.4. The highest BCUT2D eigenvalue weighted by Crippen LogP contribution is 2.18. The molecule has 1 rings (SSSR count). The van der Waals surface area contributed by atoms with Crippen molar-refractivity contribution in [2.75, 3.05) is 13.1 Å². The van der Waals surface area contributed by atoms with Gasteiger partial charge in [-0.15, -0.1) is 0 Å². The van der Waals surface area contributed by atoms with Gasteiger partial charge in [0.15, 0.2) is 5.96 Å². The van der Waals surface area contributed by atoms with Gasteiger partial charge in [0.25, 0.3) is 0 Å². The third-order valence-corrected chi connectivity index (χ3v) is 4.80. The predicted molar refractivity (Wildman–Crippen MR) is 112 cm³/mol. The summed E-state index contributed by atoms with van der Waals surface area (Å²) in [6, 6.07) is -4.50. The molecule has 0 spiro atoms. The van der Waals surface area contributed by atoms with Crippen LogP contribution < -0.4 is 27.8 Å². The molecule has 180 valence electrons. The van der Waals surface area contributed by atoms with E-state index in [2.05, 4.69) is 15.6 Å². The van der Waals surface area contributed by atoms with E-state index in [0.717, 1.165) is 0 Å². The van der Waals surface area contributed by atoms with E-state index < -0.39 is 60.2 Å². The number of nitrogens with zero attached hydrogens (tertiary/aromatic N) is 2. The van der Waals surface area contributed by atoms with Gasteiger partial charge in [-0.05, 0) is 32.6 Å². The number of amides is 3. The molecule has 0 aromatic carbocycles. The first-order valence-corrected chi connectivity index (χ1v) is 10.1. The van der Waals surface area contributed by atoms with E-state index >= 15 is 0 Å². The fourth-order valence-electron chi connectivity index (χ4n) is 3.25. The topological polar surface area (TPSA) is 244 Å². The highest BCUT2D eigenvalue weighted by molar-refractivity contribution is 5.94. The van der Waals surface area contributed by atoms with Crippen molar-refractivity contribution in [3.8, 4) is 0 Å². The van der Waals surface area contributed by atoms with E-state index in [-0.39, 0.29) is 25.3 Å². The largest absolute Gasteiger partial charge is 0.481 e. The molecular weight excluding hydrogens is 426 g/mol. The fourth-order valence-corrected chi connectivity index (χ4v) is 3.25. The number of aliphatic imine (C=N–C) groups is 1. The van der Waals surface area contributed by atoms with Crippen LogP contribution in [-0.2, 0) is 24.0 Å². The van der Waals surface area contributed by atoms with Crippen LogP contribution in [0.4, 0.5) is 0 Å². The second-order valence-corrected chi connectivity index (χ2v) is 7.49. The van der Waals surface area contributed by atoms with E-state index in [1.165, 1.54) is 11.8 Å². The number of carbonyl (C=O) groups is 5. The van der Waals surface area contributed by atoms with Gasteiger partial charge in [0.2, 0.25) is 17.7 Å². The van der Waals surface area contributed by atoms with E-state index in [0.29, 0.717) is 19.4 Å². The van der Waals surface area contributed by atoms with Gasteiger partial charge < -0.3 is 42.9 Å². The number of nitrogens with one attached hydrogen (secondary N) is 2. The summed E-state index contributed by atoms with van der Waals surface area (Å²) in [5, 5.41) is 22.7. The maximum absolute atomic E-state index is 12.8. The smallest absolute Gasteiger partial charge is 0.326 e. The molecule has 0 aliphatic carbocycles. The van der Waals surface area contributed by atoms with Crippen molar-refractivity contribution in [1.29, 1.82) is 0 Å². The fraction of sp³-hybridized carbons (Fsp3) is 0.667. The summed E-state index contributed by atoms with van der Waals surface area (Å²) in [6.45, 7) is 2.00. The van der Waals surface area contributed by atoms with Crippen molar-refractivity contribution in [1.82, 2.24) is 15.5 Å². The number of hydrogen-bond acceptors (Lipinski definition) is 7. The van der Waals surface area contributed by atoms with Crippen molar-refractivity contribution in [3.05, 3.63) is 0 Å². The van der Waals surface area contributed by atoms with Crippen LogP contribution in [0.2, 0.25) is 0 Å². The quantitative estimate of drug-likeness (QED) is 0.0884. The first kappa shape index (κ1) is 26.6. The summed E-state index contributed by atoms with van der Waals surface area (Å²) in [5.41, 5.74) is 16.1. The van der Waals surface area contributed by atoms with Gasteiger partial charge in [-0.2, -0.15) is 0 Å². The minimum atomic E-state index is -1.68. The van der Waals surface area contributed by atoms with E-state index in [1.807, 2.05) is 0 Å². The van der Waals surface area contributed by atoms with Crippen LogP contribution >= 0.6 is 0 Å². The van der Waals surface area contributed by atoms with Gasteiger partial charge in [-0.25, -0.2) is 4.79 Å². The van der Waals surface area contributed by atoms with Crippen LogP contribution in [0.5, 0.6) is 0 Å². The molecule has 3 amide bonds. The Bertz CT molecular complexity index is 752. The average Bonchev–Trinajstić information content (AvgIpc) is 3.18. The van der Waals surface area contributed by atoms with Crippen molar-refractivity contribution in [2.24, 2.45) is 22.2 Å². The minimum absolute atomic E-state index is 0.0434. The Morgan fingerprint density at radius 2 is 1.78 bits per heavy atom. The van der Waals surface area contributed by atoms with Gasteiger partial charge >= 0.3 is 11.9 Å². The maximum Gasteiger partial charge on any atom is 0.326 e. The number of guanidine groups is 1. The Kier molecular flexibility index (Phi) is 10.3. The van der Waals surface area contributed by atoms with Crippen molar-refractivity contribution >= 4 is 35.6 Å². The number of nitrogens with two attached hydrogens (primary N) is 3. The van der Waals surface area contributed by atoms with Gasteiger partial charge in [-0.1, -0.05) is 0 Å². The highest BCUT2D eigenvalue weighted by atomic mass is 16.4. The first-order chi connectivity index (χ1) is 14.9. The maximum atomic E-state index is 12.8. The summed E-state index contributed by atoms with van der Waals surface area (Å²) >= 11 is 0. The molecule has 4 atom stereocenters. The molecule has 0 saturated carbocycles. The Hall–Kier alpha value is -3.42. The average molecular weight is 457 g/mol. The van der Waals surface area contributed by atoms with Crippen LogP contribution in [0, 0.1) is 0 Å². The number of carboxylic acids is 2. The molecule has 32 heavy (non-hydrogen) atoms. The molecular formula is C18H31N7O7. The number of likely N-dealkylation sites (tertiary alicyclic amines) is 1. The van der Waals surface area contributed by atoms with Crippen molar-refractivity contribution in [3.63, 3.8) is 0 Å². The molecule has 1 heterocycles. The summed E-state index contributed by atoms with van der Waals surface area (Å²) in [7, 11) is 0. The molecule has 1 fully saturated rings. The van der Waals surface area contributed by atoms with Gasteiger partial charge in [0, 0.05) is 13.1 Å². The molecule has 1 aliphatic heterocycles. The Morgan fingerprint density at radius 1 is 1.12 bits per heavy atom. The number of aliphatic carboxylic acids is 2. The summed E-state index contributed by atoms with van der Waals surface area (Å²) in [6.07, 6.45) is 0.428. The number of carbonyl (C=O) groups excluding carboxylic acids is 3. The van der Waals surface area contributed by atoms with Crippen LogP contribution in [0.3, 0.4) is 0 Å². The van der Waals surface area contributed by atoms with Crippen LogP contribution in [0.25, 0.3) is 0 Å². The molecule has 0 aromatic rings. The SMILES string of the molecule is CC(N)C(=O)N1CCCC1C(=O)NC(CCCN=C(N)N)C(=O)NC(CC(=O)O)C(=O)O. The lowest BCUT2D eigenvalue weighted by Crippen LogP contribution is -2.56. The normalized spacial score (nSPS) is 18.2. The zero-order chi connectivity index (χ0) is 24.4. The monoisotopic (exact) mass is 457 g/mol. The number of hydrogen-bond donors (Lipinski definition) is 7. The third-order valence-electron chi connectivity index (χ3n) is 4.80. The lowest BCUT2D eigenvalue weighted by molar-refractivity contribution is -0.147. The summed E-state index contributed by atoms with van der Waals surface area (Å²) < 4.78 is 0. The predicted octanol–water partition coefficient (Wildman–Crippen LogP) is -3.09. The molecule has 10 N–H and O–H groups in total. The van der Waals surface area contributed by atoms with Gasteiger partial charge in [-0.3, -0.25) is 24.2 Å². The van der Waals surface area contributed by atoms with E-state index in [4.69, 9.17) is 27.4 Å². The molecule has 4 unspecified atom stereocenters.